The molecule has 9 aromatic rings. The molecule has 11 rings (SSSR count). The number of nitrogens with zero attached hydrogens (tertiary/aromatic N) is 2. The molecular weight excluding hydrogens is 1050 g/mol. The fourth-order valence-corrected chi connectivity index (χ4v) is 17.8. The lowest BCUT2D eigenvalue weighted by Crippen LogP contribution is -2.18. The molecule has 2 aliphatic rings. The fourth-order valence-electron chi connectivity index (χ4n) is 12.7. The van der Waals surface area contributed by atoms with E-state index >= 15 is 0 Å². The van der Waals surface area contributed by atoms with Crippen molar-refractivity contribution in [2.45, 2.75) is 156 Å². The Morgan fingerprint density at radius 3 is 1.43 bits per heavy atom. The highest BCUT2D eigenvalue weighted by Gasteiger charge is 2.38. The number of hydrogen-bond acceptors (Lipinski definition) is 7. The number of benzene rings is 5. The molecule has 4 heterocycles. The molecule has 8 heteroatoms. The van der Waals surface area contributed by atoms with Crippen LogP contribution in [0, 0.1) is 11.3 Å². The van der Waals surface area contributed by atoms with Crippen molar-refractivity contribution in [2.75, 3.05) is 4.90 Å². The van der Waals surface area contributed by atoms with Crippen molar-refractivity contribution in [1.29, 1.82) is 5.26 Å². The summed E-state index contributed by atoms with van der Waals surface area (Å²) in [5.74, 6) is -1.18. The van der Waals surface area contributed by atoms with E-state index in [1.165, 1.54) is 158 Å². The number of anilines is 3. The Hall–Kier alpha value is -6.34. The average Bonchev–Trinajstić information content (AvgIpc) is 4.42. The van der Waals surface area contributed by atoms with Gasteiger partial charge in [0.25, 0.3) is 0 Å². The van der Waals surface area contributed by atoms with Crippen molar-refractivity contribution in [1.82, 2.24) is 0 Å². The third-order valence-electron chi connectivity index (χ3n) is 17.1. The first-order valence-corrected chi connectivity index (χ1v) is 32.7. The van der Waals surface area contributed by atoms with Crippen LogP contribution in [-0.2, 0) is 34.9 Å². The van der Waals surface area contributed by atoms with E-state index in [9.17, 15) is 15.2 Å². The standard InChI is InChI=1S/C72H74N2O2S4/c1-8-11-14-17-24-47-37-54(38-50(45-73)70(75)76)77-67(47)65-40-49(26-19-16-13-10-3)69(79-65)66-41-48(25-18-15-12-9-2)68(80-66)64-39-46-31-32-53(44-63(46)78-64)74(51-33-35-57-55-27-20-22-29-59(55)71(4,5)61(57)42-51)52-34-36-58-56-28-21-23-30-60(56)72(6,7)62(58)43-52/h20-23,27-44H,8-19,24-26H2,1-7H3,(H,75,76)/b50-38-. The topological polar surface area (TPSA) is 64.3 Å². The number of fused-ring (bicyclic) bond motifs is 7. The number of rotatable bonds is 23. The van der Waals surface area contributed by atoms with Crippen molar-refractivity contribution in [2.24, 2.45) is 0 Å². The maximum atomic E-state index is 12.0. The number of nitriles is 1. The molecule has 0 amide bonds. The SMILES string of the molecule is CCCCCCc1cc(/C=C(/C#N)C(=O)O)sc1-c1cc(CCCCCC)c(-c2cc(CCCCCC)c(-c3cc4ccc(N(c5ccc6c(c5)C(C)(C)c5ccccc5-6)c5ccc6c(c5)C(C)(C)c5ccccc5-6)cc4s3)s2)s1. The van der Waals surface area contributed by atoms with E-state index in [2.05, 4.69) is 181 Å². The first kappa shape index (κ1) is 55.6. The summed E-state index contributed by atoms with van der Waals surface area (Å²) in [7, 11) is 0. The summed E-state index contributed by atoms with van der Waals surface area (Å²) in [5.41, 5.74) is 17.9. The van der Waals surface area contributed by atoms with Gasteiger partial charge >= 0.3 is 5.97 Å². The van der Waals surface area contributed by atoms with E-state index in [1.807, 2.05) is 40.1 Å². The Balaban J connectivity index is 1.01. The highest BCUT2D eigenvalue weighted by molar-refractivity contribution is 7.30. The lowest BCUT2D eigenvalue weighted by molar-refractivity contribution is -0.132. The number of carbonyl (C=O) groups is 1. The van der Waals surface area contributed by atoms with E-state index in [0.717, 1.165) is 60.5 Å². The van der Waals surface area contributed by atoms with E-state index in [0.29, 0.717) is 0 Å². The number of aryl methyl sites for hydroxylation is 3. The molecule has 0 unspecified atom stereocenters. The minimum atomic E-state index is -1.18. The number of unbranched alkanes of at least 4 members (excludes halogenated alkanes) is 9. The van der Waals surface area contributed by atoms with E-state index < -0.39 is 5.97 Å². The summed E-state index contributed by atoms with van der Waals surface area (Å²) in [4.78, 5) is 23.2. The van der Waals surface area contributed by atoms with Crippen LogP contribution in [0.25, 0.3) is 67.7 Å². The molecule has 0 saturated heterocycles. The van der Waals surface area contributed by atoms with Gasteiger partial charge in [0.05, 0.1) is 0 Å². The second-order valence-corrected chi connectivity index (χ2v) is 27.6. The molecule has 0 atom stereocenters. The normalized spacial score (nSPS) is 13.8. The third kappa shape index (κ3) is 10.7. The second-order valence-electron chi connectivity index (χ2n) is 23.3. The van der Waals surface area contributed by atoms with Crippen LogP contribution >= 0.6 is 45.3 Å². The van der Waals surface area contributed by atoms with Gasteiger partial charge in [-0.15, -0.1) is 45.3 Å². The molecule has 4 nitrogen and oxygen atoms in total. The van der Waals surface area contributed by atoms with Gasteiger partial charge in [-0.3, -0.25) is 0 Å². The Labute approximate surface area is 491 Å². The van der Waals surface area contributed by atoms with Crippen molar-refractivity contribution >= 4 is 84.5 Å². The van der Waals surface area contributed by atoms with Gasteiger partial charge in [-0.05, 0) is 172 Å². The summed E-state index contributed by atoms with van der Waals surface area (Å²) in [6, 6.07) is 50.9. The smallest absolute Gasteiger partial charge is 0.346 e. The minimum absolute atomic E-state index is 0.134. The van der Waals surface area contributed by atoms with Gasteiger partial charge in [0.2, 0.25) is 0 Å². The Kier molecular flexibility index (Phi) is 16.4. The molecule has 5 aromatic carbocycles. The molecule has 4 aromatic heterocycles. The molecule has 0 spiro atoms. The summed E-state index contributed by atoms with van der Waals surface area (Å²) in [6.07, 6.45) is 18.8. The molecular formula is C72H74N2O2S4. The first-order valence-electron chi connectivity index (χ1n) is 29.4. The molecule has 0 aliphatic heterocycles. The zero-order valence-electron chi connectivity index (χ0n) is 47.7. The molecule has 2 aliphatic carbocycles. The fraction of sp³-hybridized carbons (Fsp3) is 0.333. The van der Waals surface area contributed by atoms with Crippen LogP contribution < -0.4 is 4.90 Å². The maximum Gasteiger partial charge on any atom is 0.346 e. The lowest BCUT2D eigenvalue weighted by atomic mass is 9.82. The molecule has 0 saturated carbocycles. The first-order chi connectivity index (χ1) is 38.8. The Morgan fingerprint density at radius 1 is 0.500 bits per heavy atom. The van der Waals surface area contributed by atoms with Crippen molar-refractivity contribution < 1.29 is 9.90 Å². The van der Waals surface area contributed by atoms with E-state index in [4.69, 9.17) is 0 Å². The third-order valence-corrected chi connectivity index (χ3v) is 22.2. The van der Waals surface area contributed by atoms with Gasteiger partial charge in [0, 0.05) is 66.7 Å². The molecule has 0 fully saturated rings. The van der Waals surface area contributed by atoms with Gasteiger partial charge in [0.15, 0.2) is 0 Å². The largest absolute Gasteiger partial charge is 0.477 e. The van der Waals surface area contributed by atoms with Crippen molar-refractivity contribution in [3.05, 3.63) is 177 Å². The zero-order chi connectivity index (χ0) is 55.7. The van der Waals surface area contributed by atoms with Gasteiger partial charge in [0.1, 0.15) is 11.6 Å². The zero-order valence-corrected chi connectivity index (χ0v) is 51.0. The minimum Gasteiger partial charge on any atom is -0.477 e. The average molecular weight is 1130 g/mol. The summed E-state index contributed by atoms with van der Waals surface area (Å²) in [6.45, 7) is 16.3. The summed E-state index contributed by atoms with van der Waals surface area (Å²) in [5, 5.41) is 20.8. The van der Waals surface area contributed by atoms with Crippen LogP contribution in [0.2, 0.25) is 0 Å². The number of aliphatic carboxylic acids is 1. The number of thiophene rings is 4. The number of carboxylic acid groups (broad SMARTS) is 1. The van der Waals surface area contributed by atoms with Gasteiger partial charge < -0.3 is 10.0 Å². The van der Waals surface area contributed by atoms with Gasteiger partial charge in [-0.25, -0.2) is 4.79 Å². The summed E-state index contributed by atoms with van der Waals surface area (Å²) >= 11 is 7.45. The highest BCUT2D eigenvalue weighted by Crippen LogP contribution is 2.55. The predicted octanol–water partition coefficient (Wildman–Crippen LogP) is 22.5. The number of carboxylic acids is 1. The molecule has 408 valence electrons. The molecule has 0 radical (unpaired) electrons. The molecule has 0 bridgehead atoms. The van der Waals surface area contributed by atoms with Crippen LogP contribution in [-0.4, -0.2) is 11.1 Å². The molecule has 1 N–H and O–H groups in total. The predicted molar refractivity (Wildman–Crippen MR) is 346 cm³/mol. The van der Waals surface area contributed by atoms with Crippen molar-refractivity contribution in [3.8, 4) is 57.6 Å². The quantitative estimate of drug-likeness (QED) is 0.0394. The van der Waals surface area contributed by atoms with Gasteiger partial charge in [-0.2, -0.15) is 5.26 Å². The summed E-state index contributed by atoms with van der Waals surface area (Å²) < 4.78 is 1.28. The van der Waals surface area contributed by atoms with Crippen LogP contribution in [0.5, 0.6) is 0 Å². The highest BCUT2D eigenvalue weighted by atomic mass is 32.1. The monoisotopic (exact) mass is 1130 g/mol. The second kappa shape index (κ2) is 23.6. The maximum absolute atomic E-state index is 12.0. The Morgan fingerprint density at radius 2 is 0.938 bits per heavy atom. The van der Waals surface area contributed by atoms with Crippen LogP contribution in [0.3, 0.4) is 0 Å². The lowest BCUT2D eigenvalue weighted by Gasteiger charge is -2.29. The van der Waals surface area contributed by atoms with Crippen LogP contribution in [0.4, 0.5) is 17.1 Å². The van der Waals surface area contributed by atoms with E-state index in [1.54, 1.807) is 17.4 Å². The Bertz CT molecular complexity index is 3720. The van der Waals surface area contributed by atoms with Crippen molar-refractivity contribution in [3.63, 3.8) is 0 Å². The molecule has 80 heavy (non-hydrogen) atoms. The van der Waals surface area contributed by atoms with Gasteiger partial charge in [-0.1, -0.05) is 173 Å². The van der Waals surface area contributed by atoms with E-state index in [-0.39, 0.29) is 16.4 Å². The van der Waals surface area contributed by atoms with Crippen LogP contribution in [0.15, 0.2) is 133 Å². The van der Waals surface area contributed by atoms with Crippen LogP contribution in [0.1, 0.15) is 169 Å². The number of hydrogen-bond donors (Lipinski definition) is 1.